The predicted octanol–water partition coefficient (Wildman–Crippen LogP) is 2.52. The summed E-state index contributed by atoms with van der Waals surface area (Å²) in [6, 6.07) is 9.93. The first-order chi connectivity index (χ1) is 13.1. The van der Waals surface area contributed by atoms with Crippen molar-refractivity contribution in [3.8, 4) is 0 Å². The number of benzene rings is 1. The van der Waals surface area contributed by atoms with Gasteiger partial charge in [0.15, 0.2) is 0 Å². The standard InChI is InChI=1S/C22H27N3O2/c1-16-4-2-5-18(12-16)13-21(26)24-10-8-17(9-11-24)15-25-22(27)14-19-6-3-7-20(19)23-25/h2,4-5,12,14,17H,3,6-11,13,15H2,1H3. The molecule has 1 amide bonds. The van der Waals surface area contributed by atoms with Crippen molar-refractivity contribution in [2.45, 2.75) is 52.0 Å². The van der Waals surface area contributed by atoms with E-state index < -0.39 is 0 Å². The number of likely N-dealkylation sites (tertiary alicyclic amines) is 1. The smallest absolute Gasteiger partial charge is 0.267 e. The highest BCUT2D eigenvalue weighted by molar-refractivity contribution is 5.78. The lowest BCUT2D eigenvalue weighted by atomic mass is 9.96. The Hall–Kier alpha value is -2.43. The summed E-state index contributed by atoms with van der Waals surface area (Å²) >= 11 is 0. The highest BCUT2D eigenvalue weighted by Gasteiger charge is 2.24. The zero-order chi connectivity index (χ0) is 18.8. The van der Waals surface area contributed by atoms with E-state index in [1.165, 1.54) is 5.56 Å². The van der Waals surface area contributed by atoms with Gasteiger partial charge in [-0.3, -0.25) is 9.59 Å². The number of rotatable bonds is 4. The lowest BCUT2D eigenvalue weighted by molar-refractivity contribution is -0.131. The SMILES string of the molecule is Cc1cccc(CC(=O)N2CCC(Cn3nc4c(cc3=O)CCC4)CC2)c1. The monoisotopic (exact) mass is 365 g/mol. The molecule has 1 aromatic carbocycles. The van der Waals surface area contributed by atoms with Crippen molar-refractivity contribution in [2.24, 2.45) is 5.92 Å². The van der Waals surface area contributed by atoms with Crippen LogP contribution in [-0.4, -0.2) is 33.7 Å². The molecule has 0 atom stereocenters. The molecule has 0 spiro atoms. The molecule has 5 heteroatoms. The second-order valence-electron chi connectivity index (χ2n) is 7.98. The molecular weight excluding hydrogens is 338 g/mol. The Morgan fingerprint density at radius 2 is 2.00 bits per heavy atom. The highest BCUT2D eigenvalue weighted by Crippen LogP contribution is 2.21. The van der Waals surface area contributed by atoms with Gasteiger partial charge in [0.2, 0.25) is 5.91 Å². The van der Waals surface area contributed by atoms with E-state index in [1.807, 2.05) is 17.0 Å². The summed E-state index contributed by atoms with van der Waals surface area (Å²) < 4.78 is 1.65. The van der Waals surface area contributed by atoms with Gasteiger partial charge in [0, 0.05) is 25.7 Å². The lowest BCUT2D eigenvalue weighted by Gasteiger charge is -2.32. The van der Waals surface area contributed by atoms with E-state index in [2.05, 4.69) is 24.2 Å². The van der Waals surface area contributed by atoms with Crippen LogP contribution in [0.2, 0.25) is 0 Å². The molecule has 0 radical (unpaired) electrons. The average molecular weight is 365 g/mol. The van der Waals surface area contributed by atoms with Crippen molar-refractivity contribution in [3.05, 3.63) is 63.1 Å². The summed E-state index contributed by atoms with van der Waals surface area (Å²) in [6.45, 7) is 4.27. The van der Waals surface area contributed by atoms with Crippen LogP contribution in [0.4, 0.5) is 0 Å². The number of hydrogen-bond donors (Lipinski definition) is 0. The fourth-order valence-corrected chi connectivity index (χ4v) is 4.29. The first kappa shape index (κ1) is 18.0. The van der Waals surface area contributed by atoms with Crippen LogP contribution in [-0.2, 0) is 30.6 Å². The van der Waals surface area contributed by atoms with E-state index in [1.54, 1.807) is 10.7 Å². The van der Waals surface area contributed by atoms with E-state index in [0.717, 1.165) is 62.0 Å². The molecule has 0 unspecified atom stereocenters. The summed E-state index contributed by atoms with van der Waals surface area (Å²) in [5.41, 5.74) is 4.52. The number of hydrogen-bond acceptors (Lipinski definition) is 3. The van der Waals surface area contributed by atoms with Crippen molar-refractivity contribution >= 4 is 5.91 Å². The zero-order valence-corrected chi connectivity index (χ0v) is 16.0. The third kappa shape index (κ3) is 4.12. The van der Waals surface area contributed by atoms with Crippen molar-refractivity contribution in [2.75, 3.05) is 13.1 Å². The Balaban J connectivity index is 1.33. The minimum absolute atomic E-state index is 0.0219. The number of carbonyl (C=O) groups is 1. The normalized spacial score (nSPS) is 17.1. The van der Waals surface area contributed by atoms with Gasteiger partial charge in [0.05, 0.1) is 12.1 Å². The maximum atomic E-state index is 12.6. The Morgan fingerprint density at radius 3 is 2.78 bits per heavy atom. The van der Waals surface area contributed by atoms with Crippen molar-refractivity contribution in [3.63, 3.8) is 0 Å². The Morgan fingerprint density at radius 1 is 1.19 bits per heavy atom. The number of aryl methyl sites for hydroxylation is 3. The zero-order valence-electron chi connectivity index (χ0n) is 16.0. The van der Waals surface area contributed by atoms with Gasteiger partial charge in [0.1, 0.15) is 0 Å². The number of piperidine rings is 1. The van der Waals surface area contributed by atoms with E-state index in [-0.39, 0.29) is 11.5 Å². The molecule has 1 aliphatic carbocycles. The van der Waals surface area contributed by atoms with Crippen molar-refractivity contribution in [1.82, 2.24) is 14.7 Å². The molecule has 2 heterocycles. The van der Waals surface area contributed by atoms with E-state index in [4.69, 9.17) is 0 Å². The maximum absolute atomic E-state index is 12.6. The second-order valence-corrected chi connectivity index (χ2v) is 7.98. The molecule has 2 aliphatic rings. The van der Waals surface area contributed by atoms with E-state index in [9.17, 15) is 9.59 Å². The van der Waals surface area contributed by atoms with Crippen LogP contribution in [0.3, 0.4) is 0 Å². The lowest BCUT2D eigenvalue weighted by Crippen LogP contribution is -2.41. The Bertz CT molecular complexity index is 895. The summed E-state index contributed by atoms with van der Waals surface area (Å²) in [7, 11) is 0. The van der Waals surface area contributed by atoms with Crippen LogP contribution in [0, 0.1) is 12.8 Å². The van der Waals surface area contributed by atoms with Crippen LogP contribution in [0.1, 0.15) is 41.6 Å². The summed E-state index contributed by atoms with van der Waals surface area (Å²) in [6.07, 6.45) is 5.42. The third-order valence-electron chi connectivity index (χ3n) is 5.86. The van der Waals surface area contributed by atoms with Gasteiger partial charge in [0.25, 0.3) is 5.56 Å². The topological polar surface area (TPSA) is 55.2 Å². The highest BCUT2D eigenvalue weighted by atomic mass is 16.2. The minimum atomic E-state index is 0.0219. The average Bonchev–Trinajstić information content (AvgIpc) is 3.09. The molecule has 5 nitrogen and oxygen atoms in total. The first-order valence-corrected chi connectivity index (χ1v) is 10.0. The molecule has 1 aliphatic heterocycles. The number of nitrogens with zero attached hydrogens (tertiary/aromatic N) is 3. The van der Waals surface area contributed by atoms with Crippen molar-refractivity contribution < 1.29 is 4.79 Å². The summed E-state index contributed by atoms with van der Waals surface area (Å²) in [5, 5.41) is 4.59. The van der Waals surface area contributed by atoms with Crippen LogP contribution in [0.15, 0.2) is 35.1 Å². The van der Waals surface area contributed by atoms with Gasteiger partial charge in [-0.25, -0.2) is 4.68 Å². The van der Waals surface area contributed by atoms with Gasteiger partial charge in [-0.1, -0.05) is 29.8 Å². The fourth-order valence-electron chi connectivity index (χ4n) is 4.29. The molecule has 1 aromatic heterocycles. The van der Waals surface area contributed by atoms with Gasteiger partial charge < -0.3 is 4.90 Å². The number of amides is 1. The molecule has 0 bridgehead atoms. The summed E-state index contributed by atoms with van der Waals surface area (Å²) in [4.78, 5) is 26.8. The maximum Gasteiger partial charge on any atom is 0.267 e. The number of fused-ring (bicyclic) bond motifs is 1. The van der Waals surface area contributed by atoms with Crippen LogP contribution >= 0.6 is 0 Å². The Kier molecular flexibility index (Phi) is 5.10. The molecule has 2 aromatic rings. The van der Waals surface area contributed by atoms with E-state index in [0.29, 0.717) is 18.9 Å². The largest absolute Gasteiger partial charge is 0.342 e. The molecular formula is C22H27N3O2. The quantitative estimate of drug-likeness (QED) is 0.837. The van der Waals surface area contributed by atoms with Crippen LogP contribution < -0.4 is 5.56 Å². The van der Waals surface area contributed by atoms with Crippen molar-refractivity contribution in [1.29, 1.82) is 0 Å². The molecule has 0 N–H and O–H groups in total. The number of aromatic nitrogens is 2. The molecule has 142 valence electrons. The fraction of sp³-hybridized carbons (Fsp3) is 0.500. The van der Waals surface area contributed by atoms with E-state index >= 15 is 0 Å². The molecule has 1 fully saturated rings. The third-order valence-corrected chi connectivity index (χ3v) is 5.86. The van der Waals surface area contributed by atoms with Gasteiger partial charge >= 0.3 is 0 Å². The van der Waals surface area contributed by atoms with Crippen LogP contribution in [0.5, 0.6) is 0 Å². The molecule has 27 heavy (non-hydrogen) atoms. The van der Waals surface area contributed by atoms with Gasteiger partial charge in [-0.2, -0.15) is 5.10 Å². The second kappa shape index (κ2) is 7.67. The Labute approximate surface area is 160 Å². The predicted molar refractivity (Wildman–Crippen MR) is 105 cm³/mol. The van der Waals surface area contributed by atoms with Gasteiger partial charge in [-0.15, -0.1) is 0 Å². The summed E-state index contributed by atoms with van der Waals surface area (Å²) in [5.74, 6) is 0.615. The molecule has 4 rings (SSSR count). The van der Waals surface area contributed by atoms with Crippen LogP contribution in [0.25, 0.3) is 0 Å². The number of carbonyl (C=O) groups excluding carboxylic acids is 1. The van der Waals surface area contributed by atoms with Gasteiger partial charge in [-0.05, 0) is 56.1 Å². The molecule has 0 saturated carbocycles. The first-order valence-electron chi connectivity index (χ1n) is 10.0. The minimum Gasteiger partial charge on any atom is -0.342 e. The molecule has 1 saturated heterocycles.